The molecule has 0 aromatic carbocycles. The zero-order chi connectivity index (χ0) is 13.9. The lowest BCUT2D eigenvalue weighted by atomic mass is 10.2. The van der Waals surface area contributed by atoms with Gasteiger partial charge in [0.25, 0.3) is 0 Å². The molecule has 1 aromatic heterocycles. The van der Waals surface area contributed by atoms with E-state index in [0.717, 1.165) is 23.6 Å². The summed E-state index contributed by atoms with van der Waals surface area (Å²) in [4.78, 5) is 19.3. The minimum Gasteiger partial charge on any atom is -0.444 e. The summed E-state index contributed by atoms with van der Waals surface area (Å²) in [6.45, 7) is 11.4. The predicted molar refractivity (Wildman–Crippen MR) is 70.5 cm³/mol. The number of aromatic nitrogens is 2. The molecule has 0 radical (unpaired) electrons. The lowest BCUT2D eigenvalue weighted by Gasteiger charge is -2.21. The van der Waals surface area contributed by atoms with Gasteiger partial charge >= 0.3 is 6.09 Å². The van der Waals surface area contributed by atoms with Gasteiger partial charge in [0.1, 0.15) is 11.4 Å². The van der Waals surface area contributed by atoms with Crippen molar-refractivity contribution < 1.29 is 9.53 Å². The monoisotopic (exact) mass is 253 g/mol. The van der Waals surface area contributed by atoms with E-state index < -0.39 is 11.7 Å². The second-order valence-corrected chi connectivity index (χ2v) is 5.42. The van der Waals surface area contributed by atoms with Gasteiger partial charge in [0, 0.05) is 5.69 Å². The summed E-state index contributed by atoms with van der Waals surface area (Å²) in [7, 11) is 0. The van der Waals surface area contributed by atoms with Crippen molar-refractivity contribution in [1.82, 2.24) is 15.3 Å². The summed E-state index contributed by atoms with van der Waals surface area (Å²) in [6, 6.07) is -0.196. The molecule has 0 spiro atoms. The Morgan fingerprint density at radius 3 is 2.56 bits per heavy atom. The van der Waals surface area contributed by atoms with E-state index in [1.807, 2.05) is 34.6 Å². The third-order valence-electron chi connectivity index (χ3n) is 2.48. The normalized spacial score (nSPS) is 13.2. The van der Waals surface area contributed by atoms with Crippen molar-refractivity contribution in [2.24, 2.45) is 0 Å². The maximum Gasteiger partial charge on any atom is 0.408 e. The number of carbonyl (C=O) groups excluding carboxylic acids is 1. The summed E-state index contributed by atoms with van der Waals surface area (Å²) in [5.41, 5.74) is 1.59. The Hall–Kier alpha value is -1.52. The number of aromatic amines is 1. The fraction of sp³-hybridized carbons (Fsp3) is 0.692. The number of nitrogens with one attached hydrogen (secondary N) is 2. The Labute approximate surface area is 108 Å². The van der Waals surface area contributed by atoms with Crippen molar-refractivity contribution in [1.29, 1.82) is 0 Å². The number of hydrogen-bond donors (Lipinski definition) is 2. The van der Waals surface area contributed by atoms with Gasteiger partial charge in [0.15, 0.2) is 0 Å². The first-order valence-corrected chi connectivity index (χ1v) is 6.27. The average Bonchev–Trinajstić information content (AvgIpc) is 2.56. The van der Waals surface area contributed by atoms with Crippen LogP contribution in [0.4, 0.5) is 4.79 Å². The highest BCUT2D eigenvalue weighted by Crippen LogP contribution is 2.14. The molecule has 0 unspecified atom stereocenters. The summed E-state index contributed by atoms with van der Waals surface area (Å²) in [5.74, 6) is 0.759. The number of H-pyrrole nitrogens is 1. The Kier molecular flexibility index (Phi) is 4.38. The quantitative estimate of drug-likeness (QED) is 0.870. The Morgan fingerprint density at radius 1 is 1.50 bits per heavy atom. The molecule has 1 heterocycles. The summed E-state index contributed by atoms with van der Waals surface area (Å²) in [6.07, 6.45) is 0.448. The van der Waals surface area contributed by atoms with Gasteiger partial charge in [-0.05, 0) is 41.0 Å². The van der Waals surface area contributed by atoms with Crippen LogP contribution in [0.3, 0.4) is 0 Å². The fourth-order valence-electron chi connectivity index (χ4n) is 1.62. The molecule has 5 nitrogen and oxygen atoms in total. The van der Waals surface area contributed by atoms with Crippen LogP contribution in [0.1, 0.15) is 57.9 Å². The number of imidazole rings is 1. The molecule has 1 amide bonds. The molecule has 102 valence electrons. The van der Waals surface area contributed by atoms with Gasteiger partial charge in [-0.25, -0.2) is 9.78 Å². The Morgan fingerprint density at radius 2 is 2.11 bits per heavy atom. The van der Waals surface area contributed by atoms with Crippen LogP contribution in [0.2, 0.25) is 0 Å². The van der Waals surface area contributed by atoms with Crippen molar-refractivity contribution in [2.45, 2.75) is 59.6 Å². The topological polar surface area (TPSA) is 67.0 Å². The van der Waals surface area contributed by atoms with E-state index >= 15 is 0 Å². The summed E-state index contributed by atoms with van der Waals surface area (Å²) >= 11 is 0. The average molecular weight is 253 g/mol. The molecule has 0 saturated heterocycles. The SMILES string of the molecule is CCc1nc([C@@H](C)NC(=O)OC(C)(C)C)[nH]c1C. The van der Waals surface area contributed by atoms with E-state index in [1.54, 1.807) is 0 Å². The van der Waals surface area contributed by atoms with Crippen LogP contribution >= 0.6 is 0 Å². The summed E-state index contributed by atoms with van der Waals surface area (Å²) < 4.78 is 5.20. The molecule has 0 bridgehead atoms. The lowest BCUT2D eigenvalue weighted by molar-refractivity contribution is 0.0506. The van der Waals surface area contributed by atoms with Crippen molar-refractivity contribution in [3.63, 3.8) is 0 Å². The highest BCUT2D eigenvalue weighted by atomic mass is 16.6. The van der Waals surface area contributed by atoms with Crippen LogP contribution in [-0.2, 0) is 11.2 Å². The number of aryl methyl sites for hydroxylation is 2. The maximum absolute atomic E-state index is 11.6. The van der Waals surface area contributed by atoms with Crippen LogP contribution in [0, 0.1) is 6.92 Å². The molecule has 0 aliphatic rings. The highest BCUT2D eigenvalue weighted by Gasteiger charge is 2.20. The van der Waals surface area contributed by atoms with E-state index in [0.29, 0.717) is 0 Å². The van der Waals surface area contributed by atoms with E-state index in [-0.39, 0.29) is 6.04 Å². The molecule has 1 aromatic rings. The number of ether oxygens (including phenoxy) is 1. The van der Waals surface area contributed by atoms with E-state index in [9.17, 15) is 4.79 Å². The molecule has 1 rings (SSSR count). The minimum absolute atomic E-state index is 0.196. The van der Waals surface area contributed by atoms with Crippen LogP contribution in [0.25, 0.3) is 0 Å². The Balaban J connectivity index is 2.64. The molecule has 0 fully saturated rings. The minimum atomic E-state index is -0.489. The molecular formula is C13H23N3O2. The van der Waals surface area contributed by atoms with Crippen LogP contribution in [0.15, 0.2) is 0 Å². The van der Waals surface area contributed by atoms with Gasteiger partial charge in [-0.15, -0.1) is 0 Å². The van der Waals surface area contributed by atoms with E-state index in [4.69, 9.17) is 4.74 Å². The molecule has 1 atom stereocenters. The zero-order valence-electron chi connectivity index (χ0n) is 12.0. The maximum atomic E-state index is 11.6. The van der Waals surface area contributed by atoms with Crippen molar-refractivity contribution >= 4 is 6.09 Å². The van der Waals surface area contributed by atoms with Gasteiger partial charge in [-0.2, -0.15) is 0 Å². The number of alkyl carbamates (subject to hydrolysis) is 1. The third kappa shape index (κ3) is 4.05. The molecule has 18 heavy (non-hydrogen) atoms. The predicted octanol–water partition coefficient (Wildman–Crippen LogP) is 2.87. The molecule has 0 saturated carbocycles. The number of rotatable bonds is 3. The van der Waals surface area contributed by atoms with Gasteiger partial charge in [0.2, 0.25) is 0 Å². The smallest absolute Gasteiger partial charge is 0.408 e. The van der Waals surface area contributed by atoms with Gasteiger partial charge < -0.3 is 15.0 Å². The number of nitrogens with zero attached hydrogens (tertiary/aromatic N) is 1. The van der Waals surface area contributed by atoms with Gasteiger partial charge in [-0.3, -0.25) is 0 Å². The zero-order valence-corrected chi connectivity index (χ0v) is 12.0. The van der Waals surface area contributed by atoms with Gasteiger partial charge in [0.05, 0.1) is 11.7 Å². The second kappa shape index (κ2) is 5.42. The van der Waals surface area contributed by atoms with Crippen molar-refractivity contribution in [3.05, 3.63) is 17.2 Å². The molecule has 5 heteroatoms. The highest BCUT2D eigenvalue weighted by molar-refractivity contribution is 5.68. The van der Waals surface area contributed by atoms with Crippen LogP contribution in [-0.4, -0.2) is 21.7 Å². The Bertz CT molecular complexity index is 418. The molecule has 2 N–H and O–H groups in total. The van der Waals surface area contributed by atoms with Crippen molar-refractivity contribution in [3.8, 4) is 0 Å². The molecule has 0 aliphatic carbocycles. The number of carbonyl (C=O) groups is 1. The first kappa shape index (κ1) is 14.5. The van der Waals surface area contributed by atoms with Gasteiger partial charge in [-0.1, -0.05) is 6.92 Å². The van der Waals surface area contributed by atoms with E-state index in [1.165, 1.54) is 0 Å². The molecule has 0 aliphatic heterocycles. The second-order valence-electron chi connectivity index (χ2n) is 5.42. The van der Waals surface area contributed by atoms with Crippen LogP contribution < -0.4 is 5.32 Å². The third-order valence-corrected chi connectivity index (χ3v) is 2.48. The summed E-state index contributed by atoms with van der Waals surface area (Å²) in [5, 5.41) is 2.76. The first-order valence-electron chi connectivity index (χ1n) is 6.27. The van der Waals surface area contributed by atoms with Crippen molar-refractivity contribution in [2.75, 3.05) is 0 Å². The van der Waals surface area contributed by atoms with E-state index in [2.05, 4.69) is 22.2 Å². The molecular weight excluding hydrogens is 230 g/mol. The largest absolute Gasteiger partial charge is 0.444 e. The number of amides is 1. The van der Waals surface area contributed by atoms with Crippen LogP contribution in [0.5, 0.6) is 0 Å². The standard InChI is InChI=1S/C13H23N3O2/c1-7-10-8(2)14-11(16-10)9(3)15-12(17)18-13(4,5)6/h9H,7H2,1-6H3,(H,14,16)(H,15,17)/t9-/m1/s1. The lowest BCUT2D eigenvalue weighted by Crippen LogP contribution is -2.34. The first-order chi connectivity index (χ1) is 8.23. The fourth-order valence-corrected chi connectivity index (χ4v) is 1.62. The number of hydrogen-bond acceptors (Lipinski definition) is 3.